The quantitative estimate of drug-likeness (QED) is 0.893. The Morgan fingerprint density at radius 3 is 2.55 bits per heavy atom. The molecular weight excluding hydrogens is 256 g/mol. The predicted octanol–water partition coefficient (Wildman–Crippen LogP) is 2.07. The Bertz CT molecular complexity index is 654. The van der Waals surface area contributed by atoms with Crippen molar-refractivity contribution < 1.29 is 14.7 Å². The van der Waals surface area contributed by atoms with Crippen LogP contribution < -0.4 is 5.32 Å². The molecule has 0 fully saturated rings. The van der Waals surface area contributed by atoms with Gasteiger partial charge in [-0.05, 0) is 26.0 Å². The van der Waals surface area contributed by atoms with Crippen LogP contribution in [0.15, 0.2) is 36.4 Å². The Hall–Kier alpha value is -2.43. The van der Waals surface area contributed by atoms with Crippen molar-refractivity contribution in [2.75, 3.05) is 0 Å². The lowest BCUT2D eigenvalue weighted by atomic mass is 10.0. The highest BCUT2D eigenvalue weighted by Gasteiger charge is 2.21. The summed E-state index contributed by atoms with van der Waals surface area (Å²) in [7, 11) is 0. The molecule has 0 spiro atoms. The maximum Gasteiger partial charge on any atom is 0.308 e. The van der Waals surface area contributed by atoms with Crippen LogP contribution >= 0.6 is 0 Å². The van der Waals surface area contributed by atoms with Gasteiger partial charge in [0.1, 0.15) is 5.69 Å². The van der Waals surface area contributed by atoms with E-state index in [1.807, 2.05) is 30.3 Å². The van der Waals surface area contributed by atoms with E-state index in [1.54, 1.807) is 19.9 Å². The number of carboxylic acid groups (broad SMARTS) is 1. The van der Waals surface area contributed by atoms with E-state index in [0.717, 1.165) is 10.9 Å². The number of nitrogens with zero attached hydrogens (tertiary/aromatic N) is 1. The Balaban J connectivity index is 2.17. The minimum absolute atomic E-state index is 0.285. The molecule has 5 nitrogen and oxygen atoms in total. The van der Waals surface area contributed by atoms with Gasteiger partial charge < -0.3 is 10.4 Å². The molecule has 0 aliphatic rings. The molecule has 0 aliphatic heterocycles. The molecule has 1 aromatic carbocycles. The van der Waals surface area contributed by atoms with Gasteiger partial charge in [0.05, 0.1) is 11.4 Å². The highest BCUT2D eigenvalue weighted by Crippen LogP contribution is 2.12. The maximum atomic E-state index is 12.1. The van der Waals surface area contributed by atoms with E-state index in [4.69, 9.17) is 5.11 Å². The zero-order chi connectivity index (χ0) is 14.7. The van der Waals surface area contributed by atoms with Crippen LogP contribution in [-0.4, -0.2) is 28.0 Å². The molecule has 2 rings (SSSR count). The van der Waals surface area contributed by atoms with Gasteiger partial charge in [0.15, 0.2) is 0 Å². The molecule has 2 N–H and O–H groups in total. The Kier molecular flexibility index (Phi) is 3.98. The summed E-state index contributed by atoms with van der Waals surface area (Å²) < 4.78 is 0. The van der Waals surface area contributed by atoms with Crippen LogP contribution in [0.25, 0.3) is 10.9 Å². The molecule has 0 bridgehead atoms. The van der Waals surface area contributed by atoms with E-state index in [0.29, 0.717) is 0 Å². The number of aliphatic carboxylic acids is 1. The van der Waals surface area contributed by atoms with Crippen LogP contribution in [0, 0.1) is 5.92 Å². The smallest absolute Gasteiger partial charge is 0.308 e. The number of hydrogen-bond donors (Lipinski definition) is 2. The first-order chi connectivity index (χ1) is 9.49. The van der Waals surface area contributed by atoms with Gasteiger partial charge in [0, 0.05) is 11.4 Å². The third-order valence-corrected chi connectivity index (χ3v) is 3.33. The van der Waals surface area contributed by atoms with Crippen molar-refractivity contribution in [2.45, 2.75) is 19.9 Å². The Morgan fingerprint density at radius 1 is 1.15 bits per heavy atom. The number of benzene rings is 1. The number of rotatable bonds is 4. The summed E-state index contributed by atoms with van der Waals surface area (Å²) in [5.74, 6) is -1.96. The zero-order valence-corrected chi connectivity index (χ0v) is 11.3. The summed E-state index contributed by atoms with van der Waals surface area (Å²) in [4.78, 5) is 27.2. The Labute approximate surface area is 116 Å². The van der Waals surface area contributed by atoms with Crippen LogP contribution in [0.5, 0.6) is 0 Å². The second-order valence-electron chi connectivity index (χ2n) is 4.78. The maximum absolute atomic E-state index is 12.1. The summed E-state index contributed by atoms with van der Waals surface area (Å²) >= 11 is 0. The molecule has 0 radical (unpaired) electrons. The second kappa shape index (κ2) is 5.69. The van der Waals surface area contributed by atoms with Crippen molar-refractivity contribution in [2.24, 2.45) is 5.92 Å². The molecule has 104 valence electrons. The molecule has 0 aliphatic carbocycles. The zero-order valence-electron chi connectivity index (χ0n) is 11.3. The predicted molar refractivity (Wildman–Crippen MR) is 75.5 cm³/mol. The highest BCUT2D eigenvalue weighted by molar-refractivity contribution is 5.95. The molecule has 20 heavy (non-hydrogen) atoms. The molecule has 1 amide bonds. The molecule has 2 atom stereocenters. The van der Waals surface area contributed by atoms with Crippen LogP contribution in [0.2, 0.25) is 0 Å². The average molecular weight is 272 g/mol. The van der Waals surface area contributed by atoms with Crippen molar-refractivity contribution in [3.05, 3.63) is 42.1 Å². The lowest BCUT2D eigenvalue weighted by molar-refractivity contribution is -0.141. The first kappa shape index (κ1) is 14.0. The van der Waals surface area contributed by atoms with Crippen molar-refractivity contribution in [1.82, 2.24) is 10.3 Å². The van der Waals surface area contributed by atoms with E-state index in [2.05, 4.69) is 10.3 Å². The number of carbonyl (C=O) groups is 2. The lowest BCUT2D eigenvalue weighted by Gasteiger charge is -2.17. The van der Waals surface area contributed by atoms with E-state index in [1.165, 1.54) is 0 Å². The monoisotopic (exact) mass is 272 g/mol. The number of aromatic nitrogens is 1. The molecule has 2 aromatic rings. The highest BCUT2D eigenvalue weighted by atomic mass is 16.4. The molecule has 1 aromatic heterocycles. The van der Waals surface area contributed by atoms with Crippen LogP contribution in [0.3, 0.4) is 0 Å². The lowest BCUT2D eigenvalue weighted by Crippen LogP contribution is -2.40. The molecule has 0 saturated carbocycles. The van der Waals surface area contributed by atoms with Gasteiger partial charge in [-0.1, -0.05) is 24.3 Å². The average Bonchev–Trinajstić information content (AvgIpc) is 2.45. The van der Waals surface area contributed by atoms with Crippen molar-refractivity contribution in [3.63, 3.8) is 0 Å². The van der Waals surface area contributed by atoms with Gasteiger partial charge in [0.2, 0.25) is 0 Å². The van der Waals surface area contributed by atoms with Gasteiger partial charge >= 0.3 is 5.97 Å². The number of fused-ring (bicyclic) bond motifs is 1. The summed E-state index contributed by atoms with van der Waals surface area (Å²) in [6.07, 6.45) is 0. The SMILES string of the molecule is CC(NC(=O)c1ccc2ccccc2n1)C(C)C(=O)O. The normalized spacial score (nSPS) is 13.7. The summed E-state index contributed by atoms with van der Waals surface area (Å²) in [6.45, 7) is 3.22. The summed E-state index contributed by atoms with van der Waals surface area (Å²) in [6, 6.07) is 10.5. The second-order valence-corrected chi connectivity index (χ2v) is 4.78. The summed E-state index contributed by atoms with van der Waals surface area (Å²) in [5, 5.41) is 12.5. The number of carbonyl (C=O) groups excluding carboxylic acids is 1. The molecule has 2 unspecified atom stereocenters. The number of nitrogens with one attached hydrogen (secondary N) is 1. The largest absolute Gasteiger partial charge is 0.481 e. The first-order valence-electron chi connectivity index (χ1n) is 6.38. The fourth-order valence-corrected chi connectivity index (χ4v) is 1.81. The minimum Gasteiger partial charge on any atom is -0.481 e. The van der Waals surface area contributed by atoms with Gasteiger partial charge in [0.25, 0.3) is 5.91 Å². The fraction of sp³-hybridized carbons (Fsp3) is 0.267. The molecular formula is C15H16N2O3. The summed E-state index contributed by atoms with van der Waals surface area (Å²) in [5.41, 5.74) is 1.02. The van der Waals surface area contributed by atoms with Crippen LogP contribution in [0.1, 0.15) is 24.3 Å². The number of para-hydroxylation sites is 1. The third-order valence-electron chi connectivity index (χ3n) is 3.33. The molecule has 1 heterocycles. The van der Waals surface area contributed by atoms with E-state index < -0.39 is 17.9 Å². The minimum atomic E-state index is -0.940. The number of hydrogen-bond acceptors (Lipinski definition) is 3. The standard InChI is InChI=1S/C15H16N2O3/c1-9(15(19)20)10(2)16-14(18)13-8-7-11-5-3-4-6-12(11)17-13/h3-10H,1-2H3,(H,16,18)(H,19,20). The molecule has 5 heteroatoms. The van der Waals surface area contributed by atoms with Crippen molar-refractivity contribution in [3.8, 4) is 0 Å². The third kappa shape index (κ3) is 2.93. The number of pyridine rings is 1. The van der Waals surface area contributed by atoms with E-state index in [9.17, 15) is 9.59 Å². The molecule has 0 saturated heterocycles. The van der Waals surface area contributed by atoms with E-state index >= 15 is 0 Å². The first-order valence-corrected chi connectivity index (χ1v) is 6.38. The topological polar surface area (TPSA) is 79.3 Å². The van der Waals surface area contributed by atoms with Crippen LogP contribution in [-0.2, 0) is 4.79 Å². The van der Waals surface area contributed by atoms with E-state index in [-0.39, 0.29) is 11.6 Å². The fourth-order valence-electron chi connectivity index (χ4n) is 1.81. The number of amides is 1. The van der Waals surface area contributed by atoms with Gasteiger partial charge in [-0.15, -0.1) is 0 Å². The Morgan fingerprint density at radius 2 is 1.85 bits per heavy atom. The van der Waals surface area contributed by atoms with Crippen LogP contribution in [0.4, 0.5) is 0 Å². The van der Waals surface area contributed by atoms with Gasteiger partial charge in [-0.25, -0.2) is 4.98 Å². The van der Waals surface area contributed by atoms with Gasteiger partial charge in [-0.3, -0.25) is 9.59 Å². The number of carboxylic acids is 1. The van der Waals surface area contributed by atoms with Crippen molar-refractivity contribution >= 4 is 22.8 Å². The van der Waals surface area contributed by atoms with Crippen molar-refractivity contribution in [1.29, 1.82) is 0 Å². The van der Waals surface area contributed by atoms with Gasteiger partial charge in [-0.2, -0.15) is 0 Å².